The third-order valence-corrected chi connectivity index (χ3v) is 3.57. The first-order valence-electron chi connectivity index (χ1n) is 5.84. The second kappa shape index (κ2) is 3.52. The second-order valence-electron chi connectivity index (χ2n) is 4.60. The van der Waals surface area contributed by atoms with E-state index in [0.29, 0.717) is 5.69 Å². The lowest BCUT2D eigenvalue weighted by atomic mass is 9.87. The normalized spacial score (nSPS) is 19.4. The molecule has 3 nitrogen and oxygen atoms in total. The van der Waals surface area contributed by atoms with Gasteiger partial charge in [-0.3, -0.25) is 5.21 Å². The van der Waals surface area contributed by atoms with Gasteiger partial charge in [-0.15, -0.1) is 0 Å². The lowest BCUT2D eigenvalue weighted by Gasteiger charge is -2.34. The molecule has 0 fully saturated rings. The van der Waals surface area contributed by atoms with Crippen LogP contribution in [0.25, 0.3) is 0 Å². The maximum absolute atomic E-state index is 10.2. The first kappa shape index (κ1) is 9.73. The van der Waals surface area contributed by atoms with E-state index in [-0.39, 0.29) is 0 Å². The Balaban J connectivity index is 2.11. The van der Waals surface area contributed by atoms with Crippen molar-refractivity contribution in [1.82, 2.24) is 0 Å². The molecule has 1 aromatic rings. The van der Waals surface area contributed by atoms with Gasteiger partial charge in [0.15, 0.2) is 0 Å². The van der Waals surface area contributed by atoms with Crippen LogP contribution in [-0.4, -0.2) is 5.21 Å². The topological polar surface area (TPSA) is 49.5 Å². The fourth-order valence-corrected chi connectivity index (χ4v) is 2.77. The molecule has 0 atom stereocenters. The second-order valence-corrected chi connectivity index (χ2v) is 4.60. The molecule has 1 aromatic carbocycles. The monoisotopic (exact) mass is 216 g/mol. The number of hydrogen-bond acceptors (Lipinski definition) is 3. The molecular weight excluding hydrogens is 200 g/mol. The van der Waals surface area contributed by atoms with Crippen LogP contribution in [0.3, 0.4) is 0 Å². The minimum atomic E-state index is 0.664. The van der Waals surface area contributed by atoms with Crippen molar-refractivity contribution in [1.29, 1.82) is 0 Å². The number of nitrogens with two attached hydrogens (primary N) is 1. The average Bonchev–Trinajstić information content (AvgIpc) is 2.29. The van der Waals surface area contributed by atoms with E-state index in [1.54, 1.807) is 0 Å². The molecule has 0 saturated heterocycles. The number of anilines is 2. The summed E-state index contributed by atoms with van der Waals surface area (Å²) in [5.41, 5.74) is 11.0. The van der Waals surface area contributed by atoms with E-state index >= 15 is 0 Å². The fourth-order valence-electron chi connectivity index (χ4n) is 2.77. The third kappa shape index (κ3) is 1.32. The van der Waals surface area contributed by atoms with Gasteiger partial charge in [0.1, 0.15) is 0 Å². The largest absolute Gasteiger partial charge is 0.397 e. The summed E-state index contributed by atoms with van der Waals surface area (Å²) in [7, 11) is 0. The molecule has 0 saturated carbocycles. The molecule has 0 amide bonds. The van der Waals surface area contributed by atoms with Gasteiger partial charge in [-0.2, -0.15) is 0 Å². The zero-order valence-corrected chi connectivity index (χ0v) is 9.24. The Bertz CT molecular complexity index is 465. The highest BCUT2D eigenvalue weighted by Gasteiger charge is 2.27. The van der Waals surface area contributed by atoms with Gasteiger partial charge < -0.3 is 5.73 Å². The average molecular weight is 216 g/mol. The highest BCUT2D eigenvalue weighted by Crippen LogP contribution is 2.41. The summed E-state index contributed by atoms with van der Waals surface area (Å²) >= 11 is 0. The first-order valence-corrected chi connectivity index (χ1v) is 5.84. The molecule has 3 heteroatoms. The molecule has 84 valence electrons. The molecule has 16 heavy (non-hydrogen) atoms. The number of nitrogen functional groups attached to an aromatic ring is 1. The molecule has 0 unspecified atom stereocenters. The number of fused-ring (bicyclic) bond motifs is 1. The summed E-state index contributed by atoms with van der Waals surface area (Å²) in [6.45, 7) is 0. The van der Waals surface area contributed by atoms with Crippen LogP contribution < -0.4 is 10.8 Å². The van der Waals surface area contributed by atoms with Crippen molar-refractivity contribution >= 4 is 11.4 Å². The molecular formula is C13H16N2O. The number of hydroxylamine groups is 1. The molecule has 2 aliphatic rings. The zero-order chi connectivity index (χ0) is 11.1. The number of para-hydroxylation sites is 1. The van der Waals surface area contributed by atoms with Crippen molar-refractivity contribution in [3.8, 4) is 0 Å². The molecule has 0 spiro atoms. The van der Waals surface area contributed by atoms with Crippen LogP contribution >= 0.6 is 0 Å². The molecule has 0 aromatic heterocycles. The van der Waals surface area contributed by atoms with Crippen molar-refractivity contribution in [2.75, 3.05) is 10.8 Å². The van der Waals surface area contributed by atoms with Crippen LogP contribution in [0, 0.1) is 0 Å². The Morgan fingerprint density at radius 3 is 2.88 bits per heavy atom. The molecule has 3 rings (SSSR count). The van der Waals surface area contributed by atoms with E-state index in [4.69, 9.17) is 5.73 Å². The van der Waals surface area contributed by atoms with Crippen molar-refractivity contribution < 1.29 is 5.21 Å². The summed E-state index contributed by atoms with van der Waals surface area (Å²) in [6.07, 6.45) is 5.44. The summed E-state index contributed by atoms with van der Waals surface area (Å²) in [6, 6.07) is 5.85. The van der Waals surface area contributed by atoms with Gasteiger partial charge in [-0.1, -0.05) is 12.1 Å². The highest BCUT2D eigenvalue weighted by molar-refractivity contribution is 5.75. The number of allylic oxidation sites excluding steroid dienone is 2. The lowest BCUT2D eigenvalue weighted by Crippen LogP contribution is -2.27. The molecule has 1 aliphatic heterocycles. The van der Waals surface area contributed by atoms with E-state index < -0.39 is 0 Å². The summed E-state index contributed by atoms with van der Waals surface area (Å²) in [5, 5.41) is 11.6. The first-order chi connectivity index (χ1) is 7.77. The van der Waals surface area contributed by atoms with Crippen LogP contribution in [-0.2, 0) is 6.42 Å². The van der Waals surface area contributed by atoms with Gasteiger partial charge in [-0.25, -0.2) is 5.06 Å². The van der Waals surface area contributed by atoms with Gasteiger partial charge in [-0.05, 0) is 49.3 Å². The molecule has 1 aliphatic carbocycles. The smallest absolute Gasteiger partial charge is 0.0953 e. The van der Waals surface area contributed by atoms with Gasteiger partial charge in [0, 0.05) is 5.70 Å². The van der Waals surface area contributed by atoms with Crippen molar-refractivity contribution in [2.45, 2.75) is 32.1 Å². The Labute approximate surface area is 95.1 Å². The van der Waals surface area contributed by atoms with E-state index in [9.17, 15) is 5.21 Å². The highest BCUT2D eigenvalue weighted by atomic mass is 16.5. The summed E-state index contributed by atoms with van der Waals surface area (Å²) in [4.78, 5) is 0. The zero-order valence-electron chi connectivity index (χ0n) is 9.24. The standard InChI is InChI=1S/C13H16N2O/c14-11-6-3-5-10-8-9-4-1-2-7-12(9)15(16)13(10)11/h3,5-6,16H,1-2,4,7-8,14H2. The Morgan fingerprint density at radius 2 is 2.00 bits per heavy atom. The quantitative estimate of drug-likeness (QED) is 0.656. The van der Waals surface area contributed by atoms with E-state index in [1.165, 1.54) is 17.1 Å². The predicted molar refractivity (Wildman–Crippen MR) is 64.3 cm³/mol. The van der Waals surface area contributed by atoms with Gasteiger partial charge in [0.05, 0.1) is 11.4 Å². The van der Waals surface area contributed by atoms with Gasteiger partial charge in [0.2, 0.25) is 0 Å². The molecule has 0 radical (unpaired) electrons. The number of hydrogen-bond donors (Lipinski definition) is 2. The van der Waals surface area contributed by atoms with Crippen molar-refractivity contribution in [3.05, 3.63) is 35.0 Å². The minimum Gasteiger partial charge on any atom is -0.397 e. The van der Waals surface area contributed by atoms with Crippen molar-refractivity contribution in [3.63, 3.8) is 0 Å². The van der Waals surface area contributed by atoms with E-state index in [2.05, 4.69) is 0 Å². The van der Waals surface area contributed by atoms with Crippen LogP contribution in [0.15, 0.2) is 29.5 Å². The fraction of sp³-hybridized carbons (Fsp3) is 0.385. The number of benzene rings is 1. The lowest BCUT2D eigenvalue weighted by molar-refractivity contribution is 0.270. The Kier molecular flexibility index (Phi) is 2.14. The summed E-state index contributed by atoms with van der Waals surface area (Å²) < 4.78 is 0. The minimum absolute atomic E-state index is 0.664. The van der Waals surface area contributed by atoms with E-state index in [0.717, 1.165) is 42.6 Å². The molecule has 0 bridgehead atoms. The number of rotatable bonds is 0. The Hall–Kier alpha value is -1.48. The van der Waals surface area contributed by atoms with Crippen LogP contribution in [0.5, 0.6) is 0 Å². The maximum Gasteiger partial charge on any atom is 0.0953 e. The third-order valence-electron chi connectivity index (χ3n) is 3.57. The van der Waals surface area contributed by atoms with Gasteiger partial charge >= 0.3 is 0 Å². The maximum atomic E-state index is 10.2. The van der Waals surface area contributed by atoms with E-state index in [1.807, 2.05) is 18.2 Å². The van der Waals surface area contributed by atoms with Crippen LogP contribution in [0.4, 0.5) is 11.4 Å². The summed E-state index contributed by atoms with van der Waals surface area (Å²) in [5.74, 6) is 0. The van der Waals surface area contributed by atoms with Gasteiger partial charge in [0.25, 0.3) is 0 Å². The molecule has 1 heterocycles. The molecule has 3 N–H and O–H groups in total. The SMILES string of the molecule is Nc1cccc2c1N(O)C1=C(CCCC1)C2. The Morgan fingerprint density at radius 1 is 1.19 bits per heavy atom. The van der Waals surface area contributed by atoms with Crippen molar-refractivity contribution in [2.24, 2.45) is 0 Å². The number of nitrogens with zero attached hydrogens (tertiary/aromatic N) is 1. The predicted octanol–water partition coefficient (Wildman–Crippen LogP) is 2.85. The van der Waals surface area contributed by atoms with Crippen LogP contribution in [0.2, 0.25) is 0 Å². The van der Waals surface area contributed by atoms with Crippen LogP contribution in [0.1, 0.15) is 31.2 Å².